The predicted octanol–water partition coefficient (Wildman–Crippen LogP) is 6.48. The van der Waals surface area contributed by atoms with E-state index in [-0.39, 0.29) is 0 Å². The summed E-state index contributed by atoms with van der Waals surface area (Å²) in [6.07, 6.45) is 0. The average Bonchev–Trinajstić information content (AvgIpc) is 3.26. The molecule has 0 aromatic heterocycles. The topological polar surface area (TPSA) is 0 Å². The second-order valence-electron chi connectivity index (χ2n) is 12.7. The summed E-state index contributed by atoms with van der Waals surface area (Å²) in [4.78, 5) is 0. The zero-order valence-electron chi connectivity index (χ0n) is 18.4. The van der Waals surface area contributed by atoms with Crippen LogP contribution in [0.3, 0.4) is 0 Å². The molecule has 1 aromatic rings. The standard InChI is InChI=1S/C24H38Si/c1-18(2,3)21-22(19(4,5)6)23(21,20(7,8)9)24(21,22)25(10,11)17-15-13-12-14-16-17/h12-16H,1-11H3. The Morgan fingerprint density at radius 2 is 0.920 bits per heavy atom. The highest BCUT2D eigenvalue weighted by Gasteiger charge is 3.40. The molecule has 1 heteroatoms. The van der Waals surface area contributed by atoms with Crippen LogP contribution in [0.5, 0.6) is 0 Å². The van der Waals surface area contributed by atoms with Crippen molar-refractivity contribution in [3.05, 3.63) is 30.3 Å². The Labute approximate surface area is 156 Å². The van der Waals surface area contributed by atoms with E-state index in [9.17, 15) is 0 Å². The van der Waals surface area contributed by atoms with Crippen LogP contribution in [0.25, 0.3) is 0 Å². The Balaban J connectivity index is 1.98. The molecule has 0 amide bonds. The Kier molecular flexibility index (Phi) is 2.74. The summed E-state index contributed by atoms with van der Waals surface area (Å²) in [5, 5.41) is 2.24. The Hall–Kier alpha value is -0.563. The first-order valence-electron chi connectivity index (χ1n) is 10.2. The molecule has 0 nitrogen and oxygen atoms in total. The van der Waals surface area contributed by atoms with Crippen LogP contribution in [0.15, 0.2) is 30.3 Å². The fourth-order valence-electron chi connectivity index (χ4n) is 9.60. The molecule has 4 aliphatic rings. The van der Waals surface area contributed by atoms with E-state index < -0.39 is 8.07 Å². The van der Waals surface area contributed by atoms with Crippen LogP contribution in [0.4, 0.5) is 0 Å². The van der Waals surface area contributed by atoms with Gasteiger partial charge in [-0.3, -0.25) is 0 Å². The molecule has 0 bridgehead atoms. The Morgan fingerprint density at radius 3 is 1.20 bits per heavy atom. The van der Waals surface area contributed by atoms with Gasteiger partial charge in [-0.15, -0.1) is 0 Å². The van der Waals surface area contributed by atoms with Crippen molar-refractivity contribution >= 4 is 13.3 Å². The first-order chi connectivity index (χ1) is 11.1. The average molecular weight is 355 g/mol. The third-order valence-corrected chi connectivity index (χ3v) is 13.7. The predicted molar refractivity (Wildman–Crippen MR) is 112 cm³/mol. The highest BCUT2D eigenvalue weighted by molar-refractivity contribution is 6.96. The SMILES string of the molecule is CC(C)(C)C12C3(C(C)(C)C)C1(C(C)(C)C)C23[Si](C)(C)c1ccccc1. The lowest BCUT2D eigenvalue weighted by Crippen LogP contribution is -2.44. The molecule has 4 aliphatic carbocycles. The smallest absolute Gasteiger partial charge is 0.0650 e. The summed E-state index contributed by atoms with van der Waals surface area (Å²) in [5.74, 6) is 0. The minimum atomic E-state index is -1.61. The van der Waals surface area contributed by atoms with Gasteiger partial charge in [0.1, 0.15) is 0 Å². The van der Waals surface area contributed by atoms with Crippen LogP contribution in [0.2, 0.25) is 18.1 Å². The fourth-order valence-corrected chi connectivity index (χ4v) is 15.9. The van der Waals surface area contributed by atoms with Crippen LogP contribution in [0, 0.1) is 32.5 Å². The van der Waals surface area contributed by atoms with Crippen molar-refractivity contribution in [2.45, 2.75) is 80.4 Å². The van der Waals surface area contributed by atoms with Crippen molar-refractivity contribution in [2.24, 2.45) is 32.5 Å². The molecule has 0 heterocycles. The molecule has 138 valence electrons. The van der Waals surface area contributed by atoms with Crippen molar-refractivity contribution in [1.82, 2.24) is 0 Å². The molecule has 4 saturated carbocycles. The van der Waals surface area contributed by atoms with Gasteiger partial charge < -0.3 is 0 Å². The molecule has 0 aliphatic heterocycles. The summed E-state index contributed by atoms with van der Waals surface area (Å²) in [7, 11) is -1.61. The zero-order valence-corrected chi connectivity index (χ0v) is 19.4. The van der Waals surface area contributed by atoms with Crippen molar-refractivity contribution in [3.8, 4) is 0 Å². The van der Waals surface area contributed by atoms with Gasteiger partial charge in [0.15, 0.2) is 0 Å². The summed E-state index contributed by atoms with van der Waals surface area (Å²) < 4.78 is 0. The lowest BCUT2D eigenvalue weighted by Gasteiger charge is -2.27. The van der Waals surface area contributed by atoms with Gasteiger partial charge in [0.25, 0.3) is 0 Å². The van der Waals surface area contributed by atoms with Gasteiger partial charge >= 0.3 is 0 Å². The minimum absolute atomic E-state index is 0.382. The summed E-state index contributed by atoms with van der Waals surface area (Å²) in [5.41, 5.74) is 2.78. The van der Waals surface area contributed by atoms with Crippen LogP contribution < -0.4 is 5.19 Å². The maximum absolute atomic E-state index is 2.68. The third kappa shape index (κ3) is 1.18. The lowest BCUT2D eigenvalue weighted by atomic mass is 9.81. The van der Waals surface area contributed by atoms with Gasteiger partial charge in [0, 0.05) is 0 Å². The molecule has 0 saturated heterocycles. The maximum atomic E-state index is 2.68. The monoisotopic (exact) mass is 354 g/mol. The number of hydrogen-bond acceptors (Lipinski definition) is 0. The van der Waals surface area contributed by atoms with Gasteiger partial charge in [0.05, 0.1) is 8.07 Å². The molecule has 25 heavy (non-hydrogen) atoms. The van der Waals surface area contributed by atoms with Crippen LogP contribution >= 0.6 is 0 Å². The molecule has 0 radical (unpaired) electrons. The second kappa shape index (κ2) is 3.84. The van der Waals surface area contributed by atoms with Gasteiger partial charge in [-0.2, -0.15) is 0 Å². The van der Waals surface area contributed by atoms with Crippen molar-refractivity contribution in [1.29, 1.82) is 0 Å². The number of rotatable bonds is 2. The summed E-state index contributed by atoms with van der Waals surface area (Å²) in [6, 6.07) is 11.5. The molecule has 5 rings (SSSR count). The van der Waals surface area contributed by atoms with E-state index in [1.807, 2.05) is 0 Å². The molecule has 0 spiro atoms. The first kappa shape index (κ1) is 17.8. The summed E-state index contributed by atoms with van der Waals surface area (Å²) >= 11 is 0. The summed E-state index contributed by atoms with van der Waals surface area (Å²) in [6.45, 7) is 28.2. The maximum Gasteiger partial charge on any atom is 0.0885 e. The molecule has 0 unspecified atom stereocenters. The van der Waals surface area contributed by atoms with Gasteiger partial charge in [-0.05, 0) is 37.5 Å². The van der Waals surface area contributed by atoms with E-state index >= 15 is 0 Å². The van der Waals surface area contributed by atoms with Crippen molar-refractivity contribution in [2.75, 3.05) is 0 Å². The highest BCUT2D eigenvalue weighted by Crippen LogP contribution is 3.44. The van der Waals surface area contributed by atoms with E-state index in [1.54, 1.807) is 5.19 Å². The van der Waals surface area contributed by atoms with E-state index in [2.05, 4.69) is 106 Å². The Morgan fingerprint density at radius 1 is 0.600 bits per heavy atom. The lowest BCUT2D eigenvalue weighted by molar-refractivity contribution is 0.254. The quantitative estimate of drug-likeness (QED) is 0.533. The largest absolute Gasteiger partial charge is 0.0885 e. The molecule has 0 atom stereocenters. The zero-order chi connectivity index (χ0) is 19.1. The minimum Gasteiger partial charge on any atom is -0.0650 e. The molecular formula is C24H38Si. The third-order valence-electron chi connectivity index (χ3n) is 8.93. The van der Waals surface area contributed by atoms with E-state index in [0.717, 1.165) is 0 Å². The van der Waals surface area contributed by atoms with Crippen LogP contribution in [0.1, 0.15) is 62.3 Å². The number of benzene rings is 1. The highest BCUT2D eigenvalue weighted by atomic mass is 28.3. The van der Waals surface area contributed by atoms with Gasteiger partial charge in [-0.25, -0.2) is 0 Å². The molecule has 4 fully saturated rings. The first-order valence-corrected chi connectivity index (χ1v) is 13.2. The fraction of sp³-hybridized carbons (Fsp3) is 0.750. The van der Waals surface area contributed by atoms with E-state index in [1.165, 1.54) is 0 Å². The van der Waals surface area contributed by atoms with Crippen molar-refractivity contribution in [3.63, 3.8) is 0 Å². The normalized spacial score (nSPS) is 42.0. The Bertz CT molecular complexity index is 675. The number of hydrogen-bond donors (Lipinski definition) is 0. The molecule has 1 aromatic carbocycles. The van der Waals surface area contributed by atoms with E-state index in [0.29, 0.717) is 37.5 Å². The second-order valence-corrected chi connectivity index (χ2v) is 17.3. The molecule has 0 N–H and O–H groups in total. The van der Waals surface area contributed by atoms with Crippen LogP contribution in [-0.4, -0.2) is 8.07 Å². The van der Waals surface area contributed by atoms with Crippen molar-refractivity contribution < 1.29 is 0 Å². The van der Waals surface area contributed by atoms with Gasteiger partial charge in [0.2, 0.25) is 0 Å². The van der Waals surface area contributed by atoms with Gasteiger partial charge in [-0.1, -0.05) is 111 Å². The van der Waals surface area contributed by atoms with E-state index in [4.69, 9.17) is 0 Å². The van der Waals surface area contributed by atoms with Crippen LogP contribution in [-0.2, 0) is 0 Å². The molecular weight excluding hydrogens is 316 g/mol.